The van der Waals surface area contributed by atoms with E-state index >= 15 is 0 Å². The van der Waals surface area contributed by atoms with E-state index in [-0.39, 0.29) is 11.8 Å². The highest BCUT2D eigenvalue weighted by atomic mass is 16.3. The van der Waals surface area contributed by atoms with Crippen LogP contribution in [0.2, 0.25) is 0 Å². The fourth-order valence-electron chi connectivity index (χ4n) is 4.52. The lowest BCUT2D eigenvalue weighted by molar-refractivity contribution is -0.133. The Bertz CT molecular complexity index is 1120. The summed E-state index contributed by atoms with van der Waals surface area (Å²) >= 11 is 0. The first-order valence-corrected chi connectivity index (χ1v) is 10.4. The summed E-state index contributed by atoms with van der Waals surface area (Å²) in [5, 5.41) is 11.8. The smallest absolute Gasteiger partial charge is 0.252 e. The number of carbonyl (C=O) groups is 2. The first kappa shape index (κ1) is 19.9. The summed E-state index contributed by atoms with van der Waals surface area (Å²) in [4.78, 5) is 26.8. The highest BCUT2D eigenvalue weighted by Crippen LogP contribution is 2.42. The molecule has 160 valence electrons. The Kier molecular flexibility index (Phi) is 4.93. The van der Waals surface area contributed by atoms with Crippen molar-refractivity contribution in [1.82, 2.24) is 10.0 Å². The van der Waals surface area contributed by atoms with Crippen LogP contribution in [0.15, 0.2) is 93.7 Å². The summed E-state index contributed by atoms with van der Waals surface area (Å²) in [6.07, 6.45) is 1.56. The Labute approximate surface area is 185 Å². The van der Waals surface area contributed by atoms with Gasteiger partial charge in [-0.2, -0.15) is 10.2 Å². The van der Waals surface area contributed by atoms with Gasteiger partial charge in [0.05, 0.1) is 35.4 Å². The second-order valence-electron chi connectivity index (χ2n) is 7.92. The highest BCUT2D eigenvalue weighted by molar-refractivity contribution is 6.20. The fourth-order valence-corrected chi connectivity index (χ4v) is 4.52. The molecule has 0 saturated carbocycles. The van der Waals surface area contributed by atoms with Crippen LogP contribution >= 0.6 is 0 Å². The molecule has 5 rings (SSSR count). The fraction of sp³-hybridized carbons (Fsp3) is 0.200. The van der Waals surface area contributed by atoms with Gasteiger partial charge in [-0.1, -0.05) is 60.7 Å². The maximum Gasteiger partial charge on any atom is 0.252 e. The third-order valence-electron chi connectivity index (χ3n) is 6.00. The van der Waals surface area contributed by atoms with Gasteiger partial charge < -0.3 is 4.42 Å². The van der Waals surface area contributed by atoms with Gasteiger partial charge in [0.15, 0.2) is 0 Å². The van der Waals surface area contributed by atoms with E-state index in [9.17, 15) is 9.59 Å². The van der Waals surface area contributed by atoms with Crippen molar-refractivity contribution in [1.29, 1.82) is 0 Å². The average molecular weight is 426 g/mol. The third kappa shape index (κ3) is 3.22. The molecule has 2 unspecified atom stereocenters. The third-order valence-corrected chi connectivity index (χ3v) is 6.00. The SMILES string of the molecule is CN1N=C(c2ccccc2)C(C(c2ccco2)C2C(=O)N(C)N=C2c2ccccc2)C1=O. The van der Waals surface area contributed by atoms with Crippen LogP contribution in [0.4, 0.5) is 0 Å². The average Bonchev–Trinajstić information content (AvgIpc) is 3.53. The quantitative estimate of drug-likeness (QED) is 0.628. The second kappa shape index (κ2) is 7.92. The van der Waals surface area contributed by atoms with Crippen molar-refractivity contribution in [3.63, 3.8) is 0 Å². The minimum atomic E-state index is -0.692. The van der Waals surface area contributed by atoms with E-state index in [1.54, 1.807) is 26.4 Å². The van der Waals surface area contributed by atoms with Gasteiger partial charge in [-0.05, 0) is 23.3 Å². The van der Waals surface area contributed by atoms with Crippen molar-refractivity contribution in [2.45, 2.75) is 5.92 Å². The van der Waals surface area contributed by atoms with Crippen LogP contribution in [0.1, 0.15) is 22.8 Å². The van der Waals surface area contributed by atoms with Crippen molar-refractivity contribution in [2.24, 2.45) is 22.0 Å². The van der Waals surface area contributed by atoms with E-state index in [1.807, 2.05) is 66.7 Å². The molecule has 0 bridgehead atoms. The Morgan fingerprint density at radius 2 is 1.19 bits per heavy atom. The van der Waals surface area contributed by atoms with Crippen molar-refractivity contribution >= 4 is 23.2 Å². The van der Waals surface area contributed by atoms with E-state index < -0.39 is 17.8 Å². The topological polar surface area (TPSA) is 78.5 Å². The summed E-state index contributed by atoms with van der Waals surface area (Å²) in [6, 6.07) is 22.7. The van der Waals surface area contributed by atoms with Crippen molar-refractivity contribution in [3.8, 4) is 0 Å². The number of benzene rings is 2. The standard InChI is InChI=1S/C25H22N4O3/c1-28-24(30)20(22(26-28)16-10-5-3-6-11-16)19(18-14-9-15-32-18)21-23(27-29(2)25(21)31)17-12-7-4-8-13-17/h3-15,19-21H,1-2H3. The molecule has 2 aliphatic rings. The van der Waals surface area contributed by atoms with Crippen LogP contribution in [-0.2, 0) is 9.59 Å². The number of carbonyl (C=O) groups excluding carboxylic acids is 2. The molecular weight excluding hydrogens is 404 g/mol. The molecule has 0 aliphatic carbocycles. The molecule has 0 N–H and O–H groups in total. The molecule has 7 nitrogen and oxygen atoms in total. The lowest BCUT2D eigenvalue weighted by atomic mass is 9.73. The van der Waals surface area contributed by atoms with E-state index in [0.717, 1.165) is 11.1 Å². The molecule has 3 heterocycles. The van der Waals surface area contributed by atoms with Gasteiger partial charge >= 0.3 is 0 Å². The van der Waals surface area contributed by atoms with E-state index in [1.165, 1.54) is 10.0 Å². The number of furan rings is 1. The van der Waals surface area contributed by atoms with Gasteiger partial charge in [-0.25, -0.2) is 10.0 Å². The Morgan fingerprint density at radius 3 is 1.59 bits per heavy atom. The Hall–Kier alpha value is -4.00. The summed E-state index contributed by atoms with van der Waals surface area (Å²) in [5.74, 6) is -1.79. The van der Waals surface area contributed by atoms with Crippen LogP contribution in [0.25, 0.3) is 0 Å². The Morgan fingerprint density at radius 1 is 0.719 bits per heavy atom. The molecule has 0 fully saturated rings. The first-order valence-electron chi connectivity index (χ1n) is 10.4. The summed E-state index contributed by atoms with van der Waals surface area (Å²) < 4.78 is 5.80. The van der Waals surface area contributed by atoms with Crippen molar-refractivity contribution in [2.75, 3.05) is 14.1 Å². The zero-order valence-electron chi connectivity index (χ0n) is 17.8. The van der Waals surface area contributed by atoms with E-state index in [4.69, 9.17) is 4.42 Å². The minimum Gasteiger partial charge on any atom is -0.469 e. The molecule has 1 aromatic heterocycles. The number of amides is 2. The van der Waals surface area contributed by atoms with Gasteiger partial charge in [0.2, 0.25) is 0 Å². The van der Waals surface area contributed by atoms with E-state index in [2.05, 4.69) is 10.2 Å². The van der Waals surface area contributed by atoms with Crippen LogP contribution < -0.4 is 0 Å². The number of hydrazone groups is 2. The zero-order chi connectivity index (χ0) is 22.2. The number of nitrogens with zero attached hydrogens (tertiary/aromatic N) is 4. The Balaban J connectivity index is 1.67. The van der Waals surface area contributed by atoms with Gasteiger partial charge in [0, 0.05) is 14.1 Å². The molecule has 2 amide bonds. The van der Waals surface area contributed by atoms with Crippen LogP contribution in [0.3, 0.4) is 0 Å². The predicted molar refractivity (Wildman–Crippen MR) is 120 cm³/mol. The monoisotopic (exact) mass is 426 g/mol. The lowest BCUT2D eigenvalue weighted by Crippen LogP contribution is -2.40. The summed E-state index contributed by atoms with van der Waals surface area (Å²) in [5.41, 5.74) is 2.91. The maximum atomic E-state index is 13.4. The van der Waals surface area contributed by atoms with E-state index in [0.29, 0.717) is 17.2 Å². The molecule has 2 aliphatic heterocycles. The molecule has 2 aromatic carbocycles. The first-order chi connectivity index (χ1) is 15.6. The van der Waals surface area contributed by atoms with Crippen LogP contribution in [0.5, 0.6) is 0 Å². The molecule has 0 radical (unpaired) electrons. The highest BCUT2D eigenvalue weighted by Gasteiger charge is 2.52. The van der Waals surface area contributed by atoms with Crippen molar-refractivity contribution in [3.05, 3.63) is 95.9 Å². The molecule has 7 heteroatoms. The predicted octanol–water partition coefficient (Wildman–Crippen LogP) is 3.35. The number of rotatable bonds is 5. The van der Waals surface area contributed by atoms with Crippen LogP contribution in [-0.4, -0.2) is 47.4 Å². The van der Waals surface area contributed by atoms with Gasteiger partial charge in [-0.15, -0.1) is 0 Å². The molecule has 32 heavy (non-hydrogen) atoms. The largest absolute Gasteiger partial charge is 0.469 e. The number of hydrogen-bond acceptors (Lipinski definition) is 5. The van der Waals surface area contributed by atoms with Crippen LogP contribution in [0, 0.1) is 11.8 Å². The molecule has 3 aromatic rings. The molecule has 0 saturated heterocycles. The normalized spacial score (nSPS) is 21.7. The maximum absolute atomic E-state index is 13.4. The lowest BCUT2D eigenvalue weighted by Gasteiger charge is -2.27. The zero-order valence-corrected chi connectivity index (χ0v) is 17.8. The van der Waals surface area contributed by atoms with Gasteiger partial charge in [0.1, 0.15) is 5.76 Å². The minimum absolute atomic E-state index is 0.181. The summed E-state index contributed by atoms with van der Waals surface area (Å²) in [6.45, 7) is 0. The van der Waals surface area contributed by atoms with Gasteiger partial charge in [0.25, 0.3) is 11.8 Å². The molecule has 0 spiro atoms. The summed E-state index contributed by atoms with van der Waals surface area (Å²) in [7, 11) is 3.28. The van der Waals surface area contributed by atoms with Gasteiger partial charge in [-0.3, -0.25) is 9.59 Å². The van der Waals surface area contributed by atoms with Crippen molar-refractivity contribution < 1.29 is 14.0 Å². The molecule has 2 atom stereocenters. The molecular formula is C25H22N4O3. The number of hydrogen-bond donors (Lipinski definition) is 0. The second-order valence-corrected chi connectivity index (χ2v) is 7.92.